The summed E-state index contributed by atoms with van der Waals surface area (Å²) in [5, 5.41) is 6.26. The summed E-state index contributed by atoms with van der Waals surface area (Å²) >= 11 is 6.21. The fourth-order valence-corrected chi connectivity index (χ4v) is 9.58. The summed E-state index contributed by atoms with van der Waals surface area (Å²) in [5.41, 5.74) is 8.48. The molecule has 3 heterocycles. The van der Waals surface area contributed by atoms with Crippen molar-refractivity contribution in [3.63, 3.8) is 0 Å². The van der Waals surface area contributed by atoms with E-state index in [1.54, 1.807) is 62.1 Å². The van der Waals surface area contributed by atoms with Gasteiger partial charge in [-0.3, -0.25) is 19.4 Å². The fraction of sp³-hybridized carbons (Fsp3) is 0.227. The molecule has 0 fully saturated rings. The van der Waals surface area contributed by atoms with Crippen LogP contribution in [0.25, 0.3) is 0 Å². The maximum atomic E-state index is 13.6. The van der Waals surface area contributed by atoms with Crippen molar-refractivity contribution in [1.29, 1.82) is 0 Å². The third-order valence-electron chi connectivity index (χ3n) is 13.5. The van der Waals surface area contributed by atoms with Crippen molar-refractivity contribution >= 4 is 41.6 Å². The Balaban J connectivity index is 0.000000230. The zero-order chi connectivity index (χ0) is 73.9. The van der Waals surface area contributed by atoms with E-state index in [0.717, 1.165) is 66.2 Å². The van der Waals surface area contributed by atoms with Gasteiger partial charge in [-0.1, -0.05) is 11.8 Å². The van der Waals surface area contributed by atoms with E-state index >= 15 is 0 Å². The lowest BCUT2D eigenvalue weighted by Crippen LogP contribution is -2.19. The highest BCUT2D eigenvalue weighted by atomic mass is 32.2. The maximum Gasteiger partial charge on any atom is 0.332 e. The topological polar surface area (TPSA) is 202 Å². The molecule has 0 aliphatic carbocycles. The number of aryl methyl sites for hydroxylation is 4. The molecule has 9 aromatic rings. The largest absolute Gasteiger partial charge is 0.493 e. The van der Waals surface area contributed by atoms with Crippen molar-refractivity contribution in [1.82, 2.24) is 34.0 Å². The van der Waals surface area contributed by atoms with Crippen LogP contribution in [0.1, 0.15) is 64.3 Å². The summed E-state index contributed by atoms with van der Waals surface area (Å²) in [4.78, 5) is 55.8. The summed E-state index contributed by atoms with van der Waals surface area (Å²) in [5.74, 6) is -19.3. The SMILES string of the molecule is CCOC(=O)/C=C(\C)NCc1cc(F)c(F)c(F)c1.COc1cc(C)c(Nc2nc(=O)cc(C)n2Cc2cc(F)c(F)c(F)c2)cc1OC.CSc1nc(=O)cc(C)n1Cc1cc(F)c(F)c(F)c1.Cc1cc(=O)[nH]c(=S)n1Cc1cc(F)c(F)c(F)c1.NCc1cc(F)c(F)c(F)c1. The molecule has 528 valence electrons. The van der Waals surface area contributed by atoms with Crippen LogP contribution in [0.3, 0.4) is 0 Å². The molecule has 6 aromatic carbocycles. The molecule has 0 amide bonds. The summed E-state index contributed by atoms with van der Waals surface area (Å²) < 4.78 is 215. The number of ether oxygens (including phenoxy) is 3. The average Bonchev–Trinajstić information content (AvgIpc) is 0.806. The number of rotatable bonds is 17. The number of nitrogens with two attached hydrogens (primary N) is 1. The first-order valence-corrected chi connectivity index (χ1v) is 30.2. The molecule has 99 heavy (non-hydrogen) atoms. The fourth-order valence-electron chi connectivity index (χ4n) is 8.66. The minimum Gasteiger partial charge on any atom is -0.493 e. The van der Waals surface area contributed by atoms with Crippen molar-refractivity contribution < 1.29 is 84.9 Å². The number of allylic oxidation sites excluding steroid dienone is 1. The van der Waals surface area contributed by atoms with E-state index in [-0.39, 0.29) is 89.0 Å². The number of halogens is 15. The Labute approximate surface area is 563 Å². The predicted octanol–water partition coefficient (Wildman–Crippen LogP) is 13.7. The number of esters is 1. The van der Waals surface area contributed by atoms with Crippen LogP contribution in [0.5, 0.6) is 11.5 Å². The number of anilines is 2. The lowest BCUT2D eigenvalue weighted by molar-refractivity contribution is -0.137. The van der Waals surface area contributed by atoms with Gasteiger partial charge in [-0.05, 0) is 160 Å². The number of aromatic nitrogens is 6. The van der Waals surface area contributed by atoms with E-state index in [2.05, 4.69) is 25.6 Å². The zero-order valence-electron chi connectivity index (χ0n) is 53.6. The van der Waals surface area contributed by atoms with Gasteiger partial charge in [0.1, 0.15) is 0 Å². The van der Waals surface area contributed by atoms with E-state index in [0.29, 0.717) is 45.1 Å². The van der Waals surface area contributed by atoms with Crippen molar-refractivity contribution in [2.75, 3.05) is 32.4 Å². The monoisotopic (exact) mass is 1440 g/mol. The second-order valence-electron chi connectivity index (χ2n) is 20.8. The molecule has 0 radical (unpaired) electrons. The van der Waals surface area contributed by atoms with Crippen LogP contribution in [0.15, 0.2) is 122 Å². The number of methoxy groups -OCH3 is 2. The smallest absolute Gasteiger partial charge is 0.332 e. The number of thioether (sulfide) groups is 1. The number of hydrogen-bond acceptors (Lipinski definition) is 14. The third kappa shape index (κ3) is 22.4. The van der Waals surface area contributed by atoms with Gasteiger partial charge in [-0.2, -0.15) is 9.97 Å². The van der Waals surface area contributed by atoms with Gasteiger partial charge in [-0.15, -0.1) is 0 Å². The van der Waals surface area contributed by atoms with Crippen molar-refractivity contribution in [2.45, 2.75) is 79.4 Å². The molecular formula is C66H60F15N9O7S2. The number of hydrogen-bond donors (Lipinski definition) is 4. The van der Waals surface area contributed by atoms with Crippen LogP contribution in [-0.4, -0.2) is 61.7 Å². The number of H-pyrrole nitrogens is 1. The number of benzene rings is 6. The van der Waals surface area contributed by atoms with Gasteiger partial charge in [0.25, 0.3) is 16.7 Å². The molecule has 0 aliphatic rings. The Morgan fingerprint density at radius 3 is 1.32 bits per heavy atom. The third-order valence-corrected chi connectivity index (χ3v) is 14.5. The number of carbonyl (C=O) groups excluding carboxylic acids is 1. The summed E-state index contributed by atoms with van der Waals surface area (Å²) in [6.07, 6.45) is 2.96. The lowest BCUT2D eigenvalue weighted by Gasteiger charge is -2.19. The van der Waals surface area contributed by atoms with Gasteiger partial charge in [-0.25, -0.2) is 70.7 Å². The Kier molecular flexibility index (Phi) is 29.3. The molecule has 0 atom stereocenters. The number of aromatic amines is 1. The second kappa shape index (κ2) is 36.4. The molecule has 33 heteroatoms. The summed E-state index contributed by atoms with van der Waals surface area (Å²) in [7, 11) is 3.01. The highest BCUT2D eigenvalue weighted by Crippen LogP contribution is 2.34. The van der Waals surface area contributed by atoms with Crippen molar-refractivity contribution in [2.24, 2.45) is 5.73 Å². The quantitative estimate of drug-likeness (QED) is 0.0127. The first-order chi connectivity index (χ1) is 46.6. The molecule has 3 aromatic heterocycles. The average molecular weight is 1440 g/mol. The molecule has 0 saturated heterocycles. The zero-order valence-corrected chi connectivity index (χ0v) is 55.3. The van der Waals surface area contributed by atoms with Crippen LogP contribution in [0.2, 0.25) is 0 Å². The van der Waals surface area contributed by atoms with Gasteiger partial charge in [0.05, 0.1) is 33.9 Å². The van der Waals surface area contributed by atoms with Crippen LogP contribution in [0.4, 0.5) is 77.5 Å². The number of nitrogens with zero attached hydrogens (tertiary/aromatic N) is 5. The van der Waals surface area contributed by atoms with Gasteiger partial charge in [0, 0.05) is 78.4 Å². The molecular weight excluding hydrogens is 1380 g/mol. The highest BCUT2D eigenvalue weighted by Gasteiger charge is 2.19. The van der Waals surface area contributed by atoms with E-state index in [9.17, 15) is 85.0 Å². The summed E-state index contributed by atoms with van der Waals surface area (Å²) in [6, 6.07) is 16.4. The Hall–Kier alpha value is -10.2. The standard InChI is InChI=1S/C21H20F3N3O3.C13H11F3N2OS.C13H14F3NO2.C12H9F3N2OS.C7H6F3N/c1-11-5-17(29-3)18(30-4)9-16(11)25-21-26-19(28)6-12(2)27(21)10-13-7-14(22)20(24)15(23)8-13;1-7-3-11(19)17-13(20-2)18(7)6-8-4-9(14)12(16)10(15)5-8;1-3-19-12(18)4-8(2)17-7-9-5-10(14)13(16)11(15)6-9;1-6-2-10(18)16-12(19)17(6)5-7-3-8(13)11(15)9(14)4-7;8-5-1-4(3-11)2-6(9)7(5)10/h5-9H,10H2,1-4H3,(H,25,26,28);3-5H,6H2,1-2H3;4-6,17H,3,7H2,1-2H3;2-4H,5H2,1H3,(H,16,18,19);1-2H,3,11H2/b;;8-4+;;. The molecule has 0 spiro atoms. The van der Waals surface area contributed by atoms with Crippen molar-refractivity contribution in [3.8, 4) is 11.5 Å². The van der Waals surface area contributed by atoms with E-state index in [4.69, 9.17) is 32.2 Å². The molecule has 9 rings (SSSR count). The van der Waals surface area contributed by atoms with Gasteiger partial charge < -0.3 is 44.3 Å². The Morgan fingerprint density at radius 1 is 0.545 bits per heavy atom. The van der Waals surface area contributed by atoms with E-state index in [1.165, 1.54) is 54.8 Å². The molecule has 16 nitrogen and oxygen atoms in total. The predicted molar refractivity (Wildman–Crippen MR) is 340 cm³/mol. The van der Waals surface area contributed by atoms with E-state index < -0.39 is 98.8 Å². The minimum atomic E-state index is -1.53. The van der Waals surface area contributed by atoms with Crippen LogP contribution in [0, 0.1) is 120 Å². The normalized spacial score (nSPS) is 10.8. The Morgan fingerprint density at radius 2 is 0.919 bits per heavy atom. The number of nitrogens with one attached hydrogen (secondary N) is 3. The van der Waals surface area contributed by atoms with Gasteiger partial charge in [0.2, 0.25) is 5.95 Å². The van der Waals surface area contributed by atoms with Crippen LogP contribution >= 0.6 is 24.0 Å². The first-order valence-electron chi connectivity index (χ1n) is 28.6. The first kappa shape index (κ1) is 79.5. The molecule has 0 aliphatic heterocycles. The van der Waals surface area contributed by atoms with E-state index in [1.807, 2.05) is 6.92 Å². The Bertz CT molecular complexity index is 4590. The van der Waals surface area contributed by atoms with Crippen LogP contribution < -0.4 is 42.5 Å². The highest BCUT2D eigenvalue weighted by molar-refractivity contribution is 7.98. The molecule has 0 bridgehead atoms. The maximum absolute atomic E-state index is 13.6. The van der Waals surface area contributed by atoms with Crippen LogP contribution in [-0.2, 0) is 42.3 Å². The minimum absolute atomic E-state index is 0.00583. The number of carbonyl (C=O) groups is 1. The lowest BCUT2D eigenvalue weighted by atomic mass is 10.1. The van der Waals surface area contributed by atoms with Crippen molar-refractivity contribution in [3.05, 3.63) is 276 Å². The molecule has 0 saturated carbocycles. The second-order valence-corrected chi connectivity index (χ2v) is 21.9. The van der Waals surface area contributed by atoms with Gasteiger partial charge in [0.15, 0.2) is 109 Å². The van der Waals surface area contributed by atoms with Gasteiger partial charge >= 0.3 is 5.97 Å². The summed E-state index contributed by atoms with van der Waals surface area (Å²) in [6.45, 7) is 10.5. The molecule has 0 unspecified atom stereocenters. The molecule has 5 N–H and O–H groups in total.